The van der Waals surface area contributed by atoms with Gasteiger partial charge in [0.25, 0.3) is 0 Å². The Balaban J connectivity index is 2.49. The molecule has 0 spiro atoms. The number of halogens is 1. The highest BCUT2D eigenvalue weighted by Crippen LogP contribution is 2.47. The Hall–Kier alpha value is -1.51. The summed E-state index contributed by atoms with van der Waals surface area (Å²) in [5.41, 5.74) is 0.350. The number of hydrogen-bond acceptors (Lipinski definition) is 6. The number of nitrogens with two attached hydrogens (primary N) is 1. The van der Waals surface area contributed by atoms with Gasteiger partial charge in [-0.05, 0) is 19.9 Å². The number of aliphatic hydroxyl groups is 2. The molecular formula is C11H16FN3O4. The molecule has 0 unspecified atom stereocenters. The summed E-state index contributed by atoms with van der Waals surface area (Å²) < 4.78 is 20.9. The zero-order valence-corrected chi connectivity index (χ0v) is 10.6. The van der Waals surface area contributed by atoms with Crippen LogP contribution in [0.5, 0.6) is 0 Å². The molecule has 4 atom stereocenters. The predicted octanol–water partition coefficient (Wildman–Crippen LogP) is -0.806. The summed E-state index contributed by atoms with van der Waals surface area (Å²) in [5, 5.41) is 19.3. The van der Waals surface area contributed by atoms with E-state index in [2.05, 4.69) is 4.98 Å². The molecule has 0 amide bonds. The van der Waals surface area contributed by atoms with Crippen LogP contribution in [-0.2, 0) is 4.74 Å². The van der Waals surface area contributed by atoms with Gasteiger partial charge in [0.1, 0.15) is 17.5 Å². The first-order valence-corrected chi connectivity index (χ1v) is 5.74. The Kier molecular flexibility index (Phi) is 3.12. The highest BCUT2D eigenvalue weighted by Gasteiger charge is 2.63. The van der Waals surface area contributed by atoms with Crippen LogP contribution in [-0.4, -0.2) is 43.7 Å². The predicted molar refractivity (Wildman–Crippen MR) is 64.0 cm³/mol. The van der Waals surface area contributed by atoms with Crippen molar-refractivity contribution in [3.8, 4) is 0 Å². The lowest BCUT2D eigenvalue weighted by molar-refractivity contribution is -0.0892. The number of anilines is 1. The smallest absolute Gasteiger partial charge is 0.351 e. The standard InChI is InChI=1S/C11H16FN3O4/c1-10(12)8(19-6(5-16)11(10,2)18)15-4-3-7(13)14-9(15)17/h3-4,6,8,16,18H,5H2,1-2H3,(H2,13,14,17)/t6-,8+,10-,11+/m0/s1. The van der Waals surface area contributed by atoms with Gasteiger partial charge in [-0.15, -0.1) is 0 Å². The van der Waals surface area contributed by atoms with Crippen molar-refractivity contribution >= 4 is 5.82 Å². The molecule has 1 saturated heterocycles. The number of rotatable bonds is 2. The van der Waals surface area contributed by atoms with E-state index in [9.17, 15) is 14.3 Å². The Morgan fingerprint density at radius 3 is 2.74 bits per heavy atom. The summed E-state index contributed by atoms with van der Waals surface area (Å²) >= 11 is 0. The summed E-state index contributed by atoms with van der Waals surface area (Å²) in [6.45, 7) is 1.75. The number of nitrogens with zero attached hydrogens (tertiary/aromatic N) is 2. The number of aliphatic hydroxyl groups excluding tert-OH is 1. The van der Waals surface area contributed by atoms with E-state index in [-0.39, 0.29) is 5.82 Å². The number of alkyl halides is 1. The van der Waals surface area contributed by atoms with E-state index in [1.165, 1.54) is 19.2 Å². The topological polar surface area (TPSA) is 111 Å². The molecule has 0 aromatic carbocycles. The van der Waals surface area contributed by atoms with Crippen LogP contribution in [0.2, 0.25) is 0 Å². The number of nitrogen functional groups attached to an aromatic ring is 1. The largest absolute Gasteiger partial charge is 0.394 e. The molecule has 1 aliphatic heterocycles. The van der Waals surface area contributed by atoms with E-state index in [1.54, 1.807) is 0 Å². The minimum Gasteiger partial charge on any atom is -0.394 e. The normalized spacial score (nSPS) is 38.6. The van der Waals surface area contributed by atoms with Crippen molar-refractivity contribution in [3.05, 3.63) is 22.7 Å². The Morgan fingerprint density at radius 2 is 2.26 bits per heavy atom. The van der Waals surface area contributed by atoms with E-state index < -0.39 is 35.9 Å². The van der Waals surface area contributed by atoms with Crippen molar-refractivity contribution < 1.29 is 19.3 Å². The summed E-state index contributed by atoms with van der Waals surface area (Å²) in [6.07, 6.45) is -1.29. The fraction of sp³-hybridized carbons (Fsp3) is 0.636. The maximum atomic E-state index is 14.8. The second-order valence-electron chi connectivity index (χ2n) is 4.93. The summed E-state index contributed by atoms with van der Waals surface area (Å²) in [7, 11) is 0. The maximum absolute atomic E-state index is 14.8. The first kappa shape index (κ1) is 13.9. The number of aromatic nitrogens is 2. The minimum absolute atomic E-state index is 0.00489. The second-order valence-corrected chi connectivity index (χ2v) is 4.93. The van der Waals surface area contributed by atoms with Gasteiger partial charge in [-0.25, -0.2) is 9.18 Å². The van der Waals surface area contributed by atoms with Crippen LogP contribution in [0.3, 0.4) is 0 Å². The lowest BCUT2D eigenvalue weighted by Gasteiger charge is -2.32. The molecule has 8 heteroatoms. The molecule has 19 heavy (non-hydrogen) atoms. The highest BCUT2D eigenvalue weighted by molar-refractivity contribution is 5.24. The van der Waals surface area contributed by atoms with E-state index >= 15 is 0 Å². The average molecular weight is 273 g/mol. The van der Waals surface area contributed by atoms with E-state index in [0.29, 0.717) is 0 Å². The van der Waals surface area contributed by atoms with Gasteiger partial charge in [0.15, 0.2) is 11.9 Å². The molecule has 0 radical (unpaired) electrons. The molecule has 1 aromatic heterocycles. The van der Waals surface area contributed by atoms with Crippen molar-refractivity contribution in [1.29, 1.82) is 0 Å². The van der Waals surface area contributed by atoms with Crippen LogP contribution in [0.25, 0.3) is 0 Å². The Labute approximate surface area is 108 Å². The van der Waals surface area contributed by atoms with Crippen LogP contribution in [0.1, 0.15) is 20.1 Å². The van der Waals surface area contributed by atoms with E-state index in [1.807, 2.05) is 0 Å². The van der Waals surface area contributed by atoms with Crippen LogP contribution in [0.4, 0.5) is 10.2 Å². The summed E-state index contributed by atoms with van der Waals surface area (Å²) in [4.78, 5) is 15.2. The molecule has 7 nitrogen and oxygen atoms in total. The Morgan fingerprint density at radius 1 is 1.63 bits per heavy atom. The number of ether oxygens (including phenoxy) is 1. The zero-order valence-electron chi connectivity index (χ0n) is 10.6. The first-order chi connectivity index (χ1) is 8.71. The van der Waals surface area contributed by atoms with Gasteiger partial charge in [0.2, 0.25) is 0 Å². The fourth-order valence-corrected chi connectivity index (χ4v) is 2.13. The van der Waals surface area contributed by atoms with Crippen molar-refractivity contribution in [2.75, 3.05) is 12.3 Å². The molecule has 2 rings (SSSR count). The van der Waals surface area contributed by atoms with E-state index in [4.69, 9.17) is 15.6 Å². The molecule has 1 fully saturated rings. The van der Waals surface area contributed by atoms with Crippen LogP contribution >= 0.6 is 0 Å². The van der Waals surface area contributed by atoms with Crippen molar-refractivity contribution in [2.45, 2.75) is 37.4 Å². The lowest BCUT2D eigenvalue weighted by atomic mass is 9.85. The molecule has 1 aliphatic rings. The van der Waals surface area contributed by atoms with Gasteiger partial charge < -0.3 is 20.7 Å². The third-order valence-corrected chi connectivity index (χ3v) is 3.64. The molecule has 4 N–H and O–H groups in total. The van der Waals surface area contributed by atoms with Crippen molar-refractivity contribution in [3.63, 3.8) is 0 Å². The van der Waals surface area contributed by atoms with Gasteiger partial charge in [0.05, 0.1) is 6.61 Å². The number of hydrogen-bond donors (Lipinski definition) is 3. The molecule has 1 aromatic rings. The van der Waals surface area contributed by atoms with Crippen molar-refractivity contribution in [1.82, 2.24) is 9.55 Å². The first-order valence-electron chi connectivity index (χ1n) is 5.74. The van der Waals surface area contributed by atoms with Crippen LogP contribution in [0, 0.1) is 0 Å². The summed E-state index contributed by atoms with van der Waals surface area (Å²) in [5.74, 6) is 0.00489. The lowest BCUT2D eigenvalue weighted by Crippen LogP contribution is -2.52. The third kappa shape index (κ3) is 1.92. The van der Waals surface area contributed by atoms with Gasteiger partial charge in [-0.1, -0.05) is 0 Å². The average Bonchev–Trinajstić information content (AvgIpc) is 2.47. The molecule has 0 aliphatic carbocycles. The second kappa shape index (κ2) is 4.26. The minimum atomic E-state index is -2.28. The summed E-state index contributed by atoms with van der Waals surface area (Å²) in [6, 6.07) is 1.32. The van der Waals surface area contributed by atoms with Gasteiger partial charge >= 0.3 is 5.69 Å². The molecule has 0 saturated carbocycles. The monoisotopic (exact) mass is 273 g/mol. The maximum Gasteiger partial charge on any atom is 0.351 e. The van der Waals surface area contributed by atoms with Gasteiger partial charge in [0, 0.05) is 6.20 Å². The van der Waals surface area contributed by atoms with E-state index in [0.717, 1.165) is 11.5 Å². The van der Waals surface area contributed by atoms with Gasteiger partial charge in [-0.2, -0.15) is 4.98 Å². The quantitative estimate of drug-likeness (QED) is 0.650. The molecular weight excluding hydrogens is 257 g/mol. The third-order valence-electron chi connectivity index (χ3n) is 3.64. The molecule has 0 bridgehead atoms. The molecule has 2 heterocycles. The van der Waals surface area contributed by atoms with Gasteiger partial charge in [-0.3, -0.25) is 4.57 Å². The Bertz CT molecular complexity index is 543. The highest BCUT2D eigenvalue weighted by atomic mass is 19.1. The zero-order chi connectivity index (χ0) is 14.4. The SMILES string of the molecule is C[C@]1(F)[C@H](n2ccc(N)nc2=O)O[C@@H](CO)[C@@]1(C)O. The van der Waals surface area contributed by atoms with Crippen LogP contribution in [0.15, 0.2) is 17.1 Å². The van der Waals surface area contributed by atoms with Crippen molar-refractivity contribution in [2.24, 2.45) is 0 Å². The fourth-order valence-electron chi connectivity index (χ4n) is 2.13. The molecule has 106 valence electrons. The van der Waals surface area contributed by atoms with Crippen LogP contribution < -0.4 is 11.4 Å².